The van der Waals surface area contributed by atoms with Gasteiger partial charge in [-0.05, 0) is 39.8 Å². The summed E-state index contributed by atoms with van der Waals surface area (Å²) in [5, 5.41) is 7.84. The third-order valence-corrected chi connectivity index (χ3v) is 5.40. The van der Waals surface area contributed by atoms with Crippen molar-refractivity contribution in [3.8, 4) is 11.5 Å². The summed E-state index contributed by atoms with van der Waals surface area (Å²) in [4.78, 5) is 10.4. The van der Waals surface area contributed by atoms with Crippen LogP contribution in [0.25, 0.3) is 0 Å². The molecule has 0 radical (unpaired) electrons. The number of aryl methyl sites for hydroxylation is 1. The molecule has 1 aliphatic heterocycles. The van der Waals surface area contributed by atoms with E-state index in [1.54, 1.807) is 11.3 Å². The van der Waals surface area contributed by atoms with E-state index in [0.29, 0.717) is 13.2 Å². The van der Waals surface area contributed by atoms with E-state index in [1.165, 1.54) is 10.4 Å². The van der Waals surface area contributed by atoms with Gasteiger partial charge in [-0.15, -0.1) is 11.3 Å². The third-order valence-electron chi connectivity index (χ3n) is 4.43. The lowest BCUT2D eigenvalue weighted by atomic mass is 10.1. The molecule has 3 rings (SSSR count). The van der Waals surface area contributed by atoms with Crippen molar-refractivity contribution >= 4 is 17.3 Å². The van der Waals surface area contributed by atoms with Gasteiger partial charge in [0.25, 0.3) is 0 Å². The molecule has 1 aromatic heterocycles. The lowest BCUT2D eigenvalue weighted by molar-refractivity contribution is 0.254. The number of rotatable bonds is 8. The highest BCUT2D eigenvalue weighted by molar-refractivity contribution is 7.11. The van der Waals surface area contributed by atoms with Gasteiger partial charge < -0.3 is 20.1 Å². The van der Waals surface area contributed by atoms with Gasteiger partial charge in [-0.25, -0.2) is 9.98 Å². The summed E-state index contributed by atoms with van der Waals surface area (Å²) in [6, 6.07) is 4.19. The van der Waals surface area contributed by atoms with Crippen molar-refractivity contribution in [1.29, 1.82) is 0 Å². The van der Waals surface area contributed by atoms with Crippen LogP contribution >= 0.6 is 11.3 Å². The van der Waals surface area contributed by atoms with Gasteiger partial charge in [0.1, 0.15) is 17.6 Å². The Bertz CT molecular complexity index is 819. The lowest BCUT2D eigenvalue weighted by Crippen LogP contribution is -2.38. The van der Waals surface area contributed by atoms with Gasteiger partial charge in [0.15, 0.2) is 5.96 Å². The van der Waals surface area contributed by atoms with Crippen molar-refractivity contribution in [3.05, 3.63) is 39.3 Å². The van der Waals surface area contributed by atoms with Crippen LogP contribution in [0, 0.1) is 6.92 Å². The topological polar surface area (TPSA) is 67.8 Å². The van der Waals surface area contributed by atoms with Crippen molar-refractivity contribution in [2.75, 3.05) is 19.7 Å². The second-order valence-corrected chi connectivity index (χ2v) is 8.19. The van der Waals surface area contributed by atoms with Crippen molar-refractivity contribution in [1.82, 2.24) is 15.6 Å². The second-order valence-electron chi connectivity index (χ2n) is 6.87. The van der Waals surface area contributed by atoms with Gasteiger partial charge in [0.05, 0.1) is 18.2 Å². The smallest absolute Gasteiger partial charge is 0.191 e. The van der Waals surface area contributed by atoms with E-state index in [0.717, 1.165) is 54.0 Å². The molecule has 0 saturated heterocycles. The number of thiazole rings is 1. The third kappa shape index (κ3) is 5.38. The van der Waals surface area contributed by atoms with Gasteiger partial charge in [0, 0.05) is 48.1 Å². The summed E-state index contributed by atoms with van der Waals surface area (Å²) < 4.78 is 11.8. The number of guanidine groups is 1. The van der Waals surface area contributed by atoms with E-state index in [9.17, 15) is 0 Å². The van der Waals surface area contributed by atoms with E-state index >= 15 is 0 Å². The Morgan fingerprint density at radius 3 is 2.93 bits per heavy atom. The average molecular weight is 403 g/mol. The predicted octanol–water partition coefficient (Wildman–Crippen LogP) is 3.47. The summed E-state index contributed by atoms with van der Waals surface area (Å²) in [6.07, 6.45) is 3.96. The van der Waals surface area contributed by atoms with Gasteiger partial charge in [-0.1, -0.05) is 0 Å². The Labute approximate surface area is 171 Å². The molecule has 2 aromatic rings. The molecule has 0 bridgehead atoms. The first kappa shape index (κ1) is 20.5. The fraction of sp³-hybridized carbons (Fsp3) is 0.524. The molecule has 152 valence electrons. The largest absolute Gasteiger partial charge is 0.494 e. The van der Waals surface area contributed by atoms with Crippen molar-refractivity contribution in [2.45, 2.75) is 53.2 Å². The summed E-state index contributed by atoms with van der Waals surface area (Å²) in [7, 11) is 0. The fourth-order valence-electron chi connectivity index (χ4n) is 3.21. The van der Waals surface area contributed by atoms with Crippen LogP contribution in [-0.4, -0.2) is 36.7 Å². The monoisotopic (exact) mass is 402 g/mol. The molecular formula is C21H30N4O2S. The minimum absolute atomic E-state index is 0.219. The average Bonchev–Trinajstić information content (AvgIpc) is 3.23. The maximum absolute atomic E-state index is 5.91. The predicted molar refractivity (Wildman–Crippen MR) is 115 cm³/mol. The number of ether oxygens (including phenoxy) is 2. The SMILES string of the molecule is CCNC(=NCc1cc2c(cc1OCC)CC(C)O2)NCCc1ncc(C)s1. The lowest BCUT2D eigenvalue weighted by Gasteiger charge is -2.13. The molecule has 1 unspecified atom stereocenters. The Hall–Kier alpha value is -2.28. The van der Waals surface area contributed by atoms with Crippen LogP contribution in [0.15, 0.2) is 23.3 Å². The van der Waals surface area contributed by atoms with Gasteiger partial charge >= 0.3 is 0 Å². The maximum Gasteiger partial charge on any atom is 0.191 e. The zero-order chi connectivity index (χ0) is 19.9. The highest BCUT2D eigenvalue weighted by atomic mass is 32.1. The molecule has 6 nitrogen and oxygen atoms in total. The highest BCUT2D eigenvalue weighted by Gasteiger charge is 2.21. The normalized spacial score (nSPS) is 15.9. The van der Waals surface area contributed by atoms with Gasteiger partial charge in [0.2, 0.25) is 0 Å². The number of hydrogen-bond acceptors (Lipinski definition) is 5. The summed E-state index contributed by atoms with van der Waals surface area (Å²) in [5.41, 5.74) is 2.26. The molecule has 7 heteroatoms. The van der Waals surface area contributed by atoms with Crippen LogP contribution in [0.5, 0.6) is 11.5 Å². The molecule has 28 heavy (non-hydrogen) atoms. The number of aliphatic imine (C=N–C) groups is 1. The molecule has 0 amide bonds. The first-order chi connectivity index (χ1) is 13.6. The molecule has 1 aromatic carbocycles. The summed E-state index contributed by atoms with van der Waals surface area (Å²) in [6.45, 7) is 11.0. The van der Waals surface area contributed by atoms with Crippen LogP contribution in [0.1, 0.15) is 41.8 Å². The molecule has 0 fully saturated rings. The van der Waals surface area contributed by atoms with Crippen molar-refractivity contribution in [2.24, 2.45) is 4.99 Å². The quantitative estimate of drug-likeness (QED) is 0.523. The molecule has 0 saturated carbocycles. The molecular weight excluding hydrogens is 372 g/mol. The van der Waals surface area contributed by atoms with E-state index in [-0.39, 0.29) is 6.10 Å². The number of aromatic nitrogens is 1. The van der Waals surface area contributed by atoms with Crippen LogP contribution < -0.4 is 20.1 Å². The van der Waals surface area contributed by atoms with Crippen molar-refractivity contribution < 1.29 is 9.47 Å². The highest BCUT2D eigenvalue weighted by Crippen LogP contribution is 2.35. The van der Waals surface area contributed by atoms with Crippen molar-refractivity contribution in [3.63, 3.8) is 0 Å². The van der Waals surface area contributed by atoms with Crippen LogP contribution in [0.4, 0.5) is 0 Å². The minimum Gasteiger partial charge on any atom is -0.494 e. The van der Waals surface area contributed by atoms with Crippen LogP contribution in [0.2, 0.25) is 0 Å². The first-order valence-corrected chi connectivity index (χ1v) is 10.8. The molecule has 1 atom stereocenters. The zero-order valence-corrected chi connectivity index (χ0v) is 18.0. The fourth-order valence-corrected chi connectivity index (χ4v) is 3.99. The number of nitrogens with one attached hydrogen (secondary N) is 2. The summed E-state index contributed by atoms with van der Waals surface area (Å²) >= 11 is 1.74. The van der Waals surface area contributed by atoms with Gasteiger partial charge in [-0.2, -0.15) is 0 Å². The van der Waals surface area contributed by atoms with E-state index < -0.39 is 0 Å². The Kier molecular flexibility index (Phi) is 7.14. The summed E-state index contributed by atoms with van der Waals surface area (Å²) in [5.74, 6) is 2.66. The molecule has 2 N–H and O–H groups in total. The maximum atomic E-state index is 5.91. The Morgan fingerprint density at radius 1 is 1.36 bits per heavy atom. The Morgan fingerprint density at radius 2 is 2.21 bits per heavy atom. The molecule has 1 aliphatic rings. The number of benzene rings is 1. The standard InChI is InChI=1S/C21H30N4O2S/c1-5-22-21(23-8-7-20-24-12-15(4)28-20)25-13-17-11-19-16(9-14(3)27-19)10-18(17)26-6-2/h10-12,14H,5-9,13H2,1-4H3,(H2,22,23,25). The number of hydrogen-bond donors (Lipinski definition) is 2. The van der Waals surface area contributed by atoms with Gasteiger partial charge in [-0.3, -0.25) is 0 Å². The van der Waals surface area contributed by atoms with Crippen LogP contribution in [-0.2, 0) is 19.4 Å². The number of fused-ring (bicyclic) bond motifs is 1. The molecule has 2 heterocycles. The number of nitrogens with zero attached hydrogens (tertiary/aromatic N) is 2. The second kappa shape index (κ2) is 9.78. The minimum atomic E-state index is 0.219. The Balaban J connectivity index is 1.67. The van der Waals surface area contributed by atoms with Crippen LogP contribution in [0.3, 0.4) is 0 Å². The first-order valence-electron chi connectivity index (χ1n) is 9.97. The van der Waals surface area contributed by atoms with E-state index in [1.807, 2.05) is 13.1 Å². The zero-order valence-electron chi connectivity index (χ0n) is 17.2. The molecule has 0 aliphatic carbocycles. The molecule has 0 spiro atoms. The van der Waals surface area contributed by atoms with E-state index in [2.05, 4.69) is 48.5 Å². The van der Waals surface area contributed by atoms with E-state index in [4.69, 9.17) is 14.5 Å².